The number of esters is 5. The number of hydrogen-bond donors (Lipinski definition) is 0. The summed E-state index contributed by atoms with van der Waals surface area (Å²) < 4.78 is 25.8. The second-order valence-corrected chi connectivity index (χ2v) is 7.61. The first-order valence-corrected chi connectivity index (χ1v) is 10.4. The van der Waals surface area contributed by atoms with Crippen molar-refractivity contribution in [2.45, 2.75) is 71.5 Å². The molecule has 0 fully saturated rings. The van der Waals surface area contributed by atoms with E-state index >= 15 is 0 Å². The van der Waals surface area contributed by atoms with Gasteiger partial charge in [0.05, 0.1) is 5.92 Å². The second-order valence-electron chi connectivity index (χ2n) is 7.61. The van der Waals surface area contributed by atoms with Crippen LogP contribution in [0.3, 0.4) is 0 Å². The van der Waals surface area contributed by atoms with E-state index < -0.39 is 83.5 Å². The molecule has 0 aromatic rings. The predicted octanol–water partition coefficient (Wildman–Crippen LogP) is 0.0668. The number of rotatable bonds is 11. The molecule has 0 saturated heterocycles. The highest BCUT2D eigenvalue weighted by Gasteiger charge is 2.53. The van der Waals surface area contributed by atoms with Crippen LogP contribution < -0.4 is 0 Å². The van der Waals surface area contributed by atoms with E-state index in [1.807, 2.05) is 0 Å². The smallest absolute Gasteiger partial charge is 0.303 e. The molecule has 6 atom stereocenters. The maximum atomic E-state index is 12.3. The van der Waals surface area contributed by atoms with Crippen molar-refractivity contribution >= 4 is 35.6 Å². The van der Waals surface area contributed by atoms with Gasteiger partial charge in [0.2, 0.25) is 5.78 Å². The van der Waals surface area contributed by atoms with Crippen molar-refractivity contribution in [3.8, 4) is 0 Å². The van der Waals surface area contributed by atoms with Gasteiger partial charge in [-0.1, -0.05) is 6.08 Å². The Balaban J connectivity index is 3.69. The Hall–Kier alpha value is -3.84. The number of allylic oxidation sites excluding steroid dienone is 1. The molecule has 35 heavy (non-hydrogen) atoms. The molecule has 1 rings (SSSR count). The monoisotopic (exact) mass is 501 g/mol. The van der Waals surface area contributed by atoms with Gasteiger partial charge in [-0.05, 0) is 12.5 Å². The molecule has 0 heterocycles. The van der Waals surface area contributed by atoms with E-state index in [1.165, 1.54) is 6.08 Å². The van der Waals surface area contributed by atoms with E-state index in [2.05, 4.69) is 0 Å². The molecule has 0 saturated carbocycles. The second kappa shape index (κ2) is 13.2. The fourth-order valence-electron chi connectivity index (χ4n) is 3.61. The molecule has 0 unspecified atom stereocenters. The predicted molar refractivity (Wildman–Crippen MR) is 112 cm³/mol. The minimum atomic E-state index is -1.89. The standard InChI is InChI=1S/C21H27NO13/c1-10(23)31-9-17(32-11(2)24)20(34-13(4)26)21(35-14(5)27)19(33-12(3)25)15-7-6-8-16(28)18(15)22(29)30/h6,8,15,17-21H,7,9H2,1-5H3/t15-,17-,18+,19-,20-,21-/m1/s1. The third kappa shape index (κ3) is 9.14. The average Bonchev–Trinajstić information content (AvgIpc) is 2.70. The van der Waals surface area contributed by atoms with Crippen molar-refractivity contribution in [3.63, 3.8) is 0 Å². The van der Waals surface area contributed by atoms with Crippen LogP contribution in [0.1, 0.15) is 41.0 Å². The van der Waals surface area contributed by atoms with E-state index in [-0.39, 0.29) is 6.42 Å². The fraction of sp³-hybridized carbons (Fsp3) is 0.619. The van der Waals surface area contributed by atoms with Gasteiger partial charge in [-0.2, -0.15) is 0 Å². The first-order valence-electron chi connectivity index (χ1n) is 10.4. The van der Waals surface area contributed by atoms with Crippen LogP contribution in [-0.2, 0) is 52.5 Å². The number of hydrogen-bond acceptors (Lipinski definition) is 13. The summed E-state index contributed by atoms with van der Waals surface area (Å²) in [6.07, 6.45) is -4.67. The Morgan fingerprint density at radius 3 is 1.86 bits per heavy atom. The van der Waals surface area contributed by atoms with Gasteiger partial charge >= 0.3 is 29.8 Å². The van der Waals surface area contributed by atoms with Crippen LogP contribution in [0.4, 0.5) is 0 Å². The summed E-state index contributed by atoms with van der Waals surface area (Å²) in [6.45, 7) is 4.30. The van der Waals surface area contributed by atoms with Crippen LogP contribution in [0.25, 0.3) is 0 Å². The highest BCUT2D eigenvalue weighted by Crippen LogP contribution is 2.31. The maximum absolute atomic E-state index is 12.3. The highest BCUT2D eigenvalue weighted by atomic mass is 16.6. The molecule has 0 spiro atoms. The Kier molecular flexibility index (Phi) is 11.0. The lowest BCUT2D eigenvalue weighted by atomic mass is 9.80. The number of carbonyl (C=O) groups is 6. The third-order valence-electron chi connectivity index (χ3n) is 4.72. The Morgan fingerprint density at radius 2 is 1.40 bits per heavy atom. The van der Waals surface area contributed by atoms with Gasteiger partial charge in [0.1, 0.15) is 6.61 Å². The summed E-state index contributed by atoms with van der Waals surface area (Å²) in [5.41, 5.74) is 0. The maximum Gasteiger partial charge on any atom is 0.303 e. The van der Waals surface area contributed by atoms with E-state index in [4.69, 9.17) is 23.7 Å². The Labute approximate surface area is 200 Å². The zero-order valence-electron chi connectivity index (χ0n) is 19.8. The molecular formula is C21H27NO13. The van der Waals surface area contributed by atoms with Gasteiger partial charge in [0.15, 0.2) is 24.4 Å². The number of ketones is 1. The molecule has 1 aliphatic rings. The number of nitro groups is 1. The van der Waals surface area contributed by atoms with Gasteiger partial charge < -0.3 is 23.7 Å². The molecule has 0 N–H and O–H groups in total. The zero-order valence-corrected chi connectivity index (χ0v) is 19.8. The van der Waals surface area contributed by atoms with Crippen LogP contribution >= 0.6 is 0 Å². The SMILES string of the molecule is CC(=O)OC[C@@H](OC(C)=O)[C@@H](OC(C)=O)[C@H](OC(C)=O)[C@H](OC(C)=O)[C@@H]1CC=CC(=O)[C@H]1[N+](=O)[O-]. The Morgan fingerprint density at radius 1 is 0.886 bits per heavy atom. The number of carbonyl (C=O) groups excluding carboxylic acids is 6. The molecule has 0 aliphatic heterocycles. The van der Waals surface area contributed by atoms with E-state index in [9.17, 15) is 38.9 Å². The van der Waals surface area contributed by atoms with E-state index in [1.54, 1.807) is 0 Å². The molecule has 0 bridgehead atoms. The lowest BCUT2D eigenvalue weighted by Gasteiger charge is -2.38. The number of nitrogens with zero attached hydrogens (tertiary/aromatic N) is 1. The summed E-state index contributed by atoms with van der Waals surface area (Å²) in [5, 5.41) is 11.7. The van der Waals surface area contributed by atoms with Crippen molar-refractivity contribution in [3.05, 3.63) is 22.3 Å². The molecule has 0 aromatic carbocycles. The molecule has 0 radical (unpaired) electrons. The quantitative estimate of drug-likeness (QED) is 0.160. The lowest BCUT2D eigenvalue weighted by Crippen LogP contribution is -2.58. The van der Waals surface area contributed by atoms with Crippen LogP contribution in [-0.4, -0.2) is 77.6 Å². The average molecular weight is 501 g/mol. The normalized spacial score (nSPS) is 20.4. The summed E-state index contributed by atoms with van der Waals surface area (Å²) >= 11 is 0. The molecular weight excluding hydrogens is 474 g/mol. The van der Waals surface area contributed by atoms with Gasteiger partial charge in [0, 0.05) is 39.5 Å². The summed E-state index contributed by atoms with van der Waals surface area (Å²) in [4.78, 5) is 82.1. The molecule has 1 aliphatic carbocycles. The largest absolute Gasteiger partial charge is 0.462 e. The first kappa shape index (κ1) is 29.2. The molecule has 14 nitrogen and oxygen atoms in total. The van der Waals surface area contributed by atoms with Gasteiger partial charge in [-0.3, -0.25) is 38.9 Å². The van der Waals surface area contributed by atoms with Crippen molar-refractivity contribution in [2.75, 3.05) is 6.61 Å². The van der Waals surface area contributed by atoms with E-state index in [0.29, 0.717) is 0 Å². The molecule has 14 heteroatoms. The Bertz CT molecular complexity index is 896. The molecule has 0 amide bonds. The van der Waals surface area contributed by atoms with Crippen LogP contribution in [0.2, 0.25) is 0 Å². The van der Waals surface area contributed by atoms with Gasteiger partial charge in [-0.15, -0.1) is 0 Å². The van der Waals surface area contributed by atoms with Gasteiger partial charge in [-0.25, -0.2) is 0 Å². The molecule has 0 aromatic heterocycles. The lowest BCUT2D eigenvalue weighted by molar-refractivity contribution is -0.519. The van der Waals surface area contributed by atoms with Gasteiger partial charge in [0.25, 0.3) is 6.04 Å². The number of ether oxygens (including phenoxy) is 5. The first-order chi connectivity index (χ1) is 16.2. The minimum Gasteiger partial charge on any atom is -0.462 e. The van der Waals surface area contributed by atoms with Crippen molar-refractivity contribution in [1.82, 2.24) is 0 Å². The third-order valence-corrected chi connectivity index (χ3v) is 4.72. The van der Waals surface area contributed by atoms with Crippen molar-refractivity contribution < 1.29 is 57.4 Å². The van der Waals surface area contributed by atoms with Crippen molar-refractivity contribution in [1.29, 1.82) is 0 Å². The van der Waals surface area contributed by atoms with Crippen LogP contribution in [0, 0.1) is 16.0 Å². The fourth-order valence-corrected chi connectivity index (χ4v) is 3.61. The summed E-state index contributed by atoms with van der Waals surface area (Å²) in [6, 6.07) is -1.89. The zero-order chi connectivity index (χ0) is 26.9. The highest BCUT2D eigenvalue weighted by molar-refractivity contribution is 5.94. The van der Waals surface area contributed by atoms with E-state index in [0.717, 1.165) is 40.7 Å². The minimum absolute atomic E-state index is 0.151. The van der Waals surface area contributed by atoms with Crippen LogP contribution in [0.5, 0.6) is 0 Å². The summed E-state index contributed by atoms with van der Waals surface area (Å²) in [7, 11) is 0. The van der Waals surface area contributed by atoms with Crippen LogP contribution in [0.15, 0.2) is 12.2 Å². The van der Waals surface area contributed by atoms with Crippen molar-refractivity contribution in [2.24, 2.45) is 5.92 Å². The summed E-state index contributed by atoms with van der Waals surface area (Å²) in [5.74, 6) is -6.84. The molecule has 194 valence electrons. The topological polar surface area (TPSA) is 192 Å².